The summed E-state index contributed by atoms with van der Waals surface area (Å²) in [4.78, 5) is 18.1. The number of unbranched alkanes of at least 4 members (excludes halogenated alkanes) is 3. The molecule has 1 aliphatic heterocycles. The summed E-state index contributed by atoms with van der Waals surface area (Å²) in [6.45, 7) is 3.21. The van der Waals surface area contributed by atoms with Crippen LogP contribution in [0.4, 0.5) is 0 Å². The number of guanidine groups is 1. The van der Waals surface area contributed by atoms with Crippen LogP contribution in [0, 0.1) is 0 Å². The lowest BCUT2D eigenvalue weighted by Crippen LogP contribution is -2.53. The van der Waals surface area contributed by atoms with Gasteiger partial charge in [-0.15, -0.1) is 24.0 Å². The van der Waals surface area contributed by atoms with Gasteiger partial charge in [0.2, 0.25) is 0 Å². The fraction of sp³-hybridized carbons (Fsp3) is 0.895. The third-order valence-corrected chi connectivity index (χ3v) is 6.88. The Balaban J connectivity index is 0.00000338. The van der Waals surface area contributed by atoms with E-state index in [0.717, 1.165) is 51.3 Å². The van der Waals surface area contributed by atoms with Gasteiger partial charge < -0.3 is 15.0 Å². The predicted molar refractivity (Wildman–Crippen MR) is 122 cm³/mol. The van der Waals surface area contributed by atoms with Crippen molar-refractivity contribution in [2.75, 3.05) is 39.5 Å². The highest BCUT2D eigenvalue weighted by Crippen LogP contribution is 2.42. The quantitative estimate of drug-likeness (QED) is 0.189. The Labute approximate surface area is 180 Å². The number of halogens is 1. The number of aliphatic imine (C=N–C) groups is 1. The highest BCUT2D eigenvalue weighted by atomic mass is 127. The molecule has 1 N–H and O–H groups in total. The van der Waals surface area contributed by atoms with Gasteiger partial charge in [-0.3, -0.25) is 9.79 Å². The molecule has 2 fully saturated rings. The van der Waals surface area contributed by atoms with E-state index in [-0.39, 0.29) is 29.9 Å². The molecule has 1 saturated heterocycles. The zero-order valence-corrected chi connectivity index (χ0v) is 19.6. The van der Waals surface area contributed by atoms with Crippen molar-refractivity contribution in [3.05, 3.63) is 0 Å². The fourth-order valence-corrected chi connectivity index (χ4v) is 5.48. The van der Waals surface area contributed by atoms with Gasteiger partial charge in [0.1, 0.15) is 0 Å². The van der Waals surface area contributed by atoms with Crippen molar-refractivity contribution < 1.29 is 9.53 Å². The van der Waals surface area contributed by atoms with Crippen LogP contribution in [0.2, 0.25) is 0 Å². The largest absolute Gasteiger partial charge is 0.469 e. The van der Waals surface area contributed by atoms with E-state index in [9.17, 15) is 4.79 Å². The average Bonchev–Trinajstić information content (AvgIpc) is 2.64. The lowest BCUT2D eigenvalue weighted by molar-refractivity contribution is -0.140. The van der Waals surface area contributed by atoms with Gasteiger partial charge in [0.25, 0.3) is 0 Å². The molecule has 0 aromatic rings. The van der Waals surface area contributed by atoms with E-state index in [1.807, 2.05) is 7.05 Å². The Morgan fingerprint density at radius 1 is 1.19 bits per heavy atom. The number of rotatable bonds is 7. The van der Waals surface area contributed by atoms with Gasteiger partial charge in [-0.05, 0) is 25.7 Å². The molecule has 152 valence electrons. The molecule has 0 bridgehead atoms. The molecule has 0 unspecified atom stereocenters. The summed E-state index contributed by atoms with van der Waals surface area (Å²) < 4.78 is 5.14. The van der Waals surface area contributed by atoms with Crippen molar-refractivity contribution in [2.24, 2.45) is 4.99 Å². The van der Waals surface area contributed by atoms with Gasteiger partial charge in [0.15, 0.2) is 5.96 Å². The number of hydrogen-bond acceptors (Lipinski definition) is 4. The molecule has 26 heavy (non-hydrogen) atoms. The molecule has 0 aromatic carbocycles. The van der Waals surface area contributed by atoms with Crippen molar-refractivity contribution in [2.45, 2.75) is 69.0 Å². The van der Waals surface area contributed by atoms with Gasteiger partial charge in [-0.25, -0.2) is 0 Å². The van der Waals surface area contributed by atoms with E-state index >= 15 is 0 Å². The van der Waals surface area contributed by atoms with Crippen LogP contribution in [0.1, 0.15) is 64.2 Å². The second kappa shape index (κ2) is 13.1. The topological polar surface area (TPSA) is 53.9 Å². The van der Waals surface area contributed by atoms with Crippen LogP contribution in [0.25, 0.3) is 0 Å². The fourth-order valence-electron chi connectivity index (χ4n) is 3.91. The van der Waals surface area contributed by atoms with E-state index in [2.05, 4.69) is 31.7 Å². The zero-order valence-electron chi connectivity index (χ0n) is 16.4. The maximum atomic E-state index is 11.1. The number of methoxy groups -OCH3 is 1. The molecular formula is C19H36IN3O2S. The Morgan fingerprint density at radius 3 is 2.62 bits per heavy atom. The number of carbonyl (C=O) groups is 1. The van der Waals surface area contributed by atoms with Gasteiger partial charge in [-0.2, -0.15) is 11.8 Å². The highest BCUT2D eigenvalue weighted by Gasteiger charge is 2.38. The van der Waals surface area contributed by atoms with Crippen molar-refractivity contribution >= 4 is 47.7 Å². The minimum Gasteiger partial charge on any atom is -0.469 e. The molecule has 0 aromatic heterocycles. The summed E-state index contributed by atoms with van der Waals surface area (Å²) in [5.41, 5.74) is 0. The maximum Gasteiger partial charge on any atom is 0.305 e. The molecule has 0 amide bonds. The van der Waals surface area contributed by atoms with Crippen LogP contribution in [0.3, 0.4) is 0 Å². The number of hydrogen-bond donors (Lipinski definition) is 1. The molecule has 2 aliphatic rings. The van der Waals surface area contributed by atoms with Crippen molar-refractivity contribution in [3.8, 4) is 0 Å². The molecule has 1 heterocycles. The summed E-state index contributed by atoms with van der Waals surface area (Å²) in [6.07, 6.45) is 11.7. The highest BCUT2D eigenvalue weighted by molar-refractivity contribution is 14.0. The van der Waals surface area contributed by atoms with Crippen molar-refractivity contribution in [1.82, 2.24) is 10.2 Å². The molecule has 1 aliphatic carbocycles. The Hall–Kier alpha value is -0.180. The SMILES string of the molecule is CN=C(NCCCCCCC(=O)OC)N1CCSC2(CCCCC2)C1.I. The van der Waals surface area contributed by atoms with Crippen LogP contribution in [-0.4, -0.2) is 61.1 Å². The standard InChI is InChI=1S/C19H35N3O2S.HI/c1-20-18(21-13-9-4-3-6-10-17(23)24-2)22-14-15-25-19(16-22)11-7-5-8-12-19;/h3-16H2,1-2H3,(H,20,21);1H. The van der Waals surface area contributed by atoms with E-state index in [0.29, 0.717) is 11.2 Å². The number of ether oxygens (including phenoxy) is 1. The number of thioether (sulfide) groups is 1. The molecule has 1 saturated carbocycles. The summed E-state index contributed by atoms with van der Waals surface area (Å²) in [6, 6.07) is 0. The molecule has 5 nitrogen and oxygen atoms in total. The smallest absolute Gasteiger partial charge is 0.305 e. The third kappa shape index (κ3) is 7.82. The molecule has 0 radical (unpaired) electrons. The van der Waals surface area contributed by atoms with E-state index in [1.54, 1.807) is 0 Å². The summed E-state index contributed by atoms with van der Waals surface area (Å²) >= 11 is 2.20. The first-order valence-electron chi connectivity index (χ1n) is 9.85. The second-order valence-electron chi connectivity index (χ2n) is 7.23. The molecule has 0 atom stereocenters. The Kier molecular flexibility index (Phi) is 12.0. The predicted octanol–water partition coefficient (Wildman–Crippen LogP) is 4.06. The summed E-state index contributed by atoms with van der Waals surface area (Å²) in [5, 5.41) is 3.55. The first-order chi connectivity index (χ1) is 12.2. The van der Waals surface area contributed by atoms with Crippen LogP contribution in [-0.2, 0) is 9.53 Å². The van der Waals surface area contributed by atoms with Gasteiger partial charge in [-0.1, -0.05) is 32.1 Å². The molecule has 1 spiro atoms. The summed E-state index contributed by atoms with van der Waals surface area (Å²) in [7, 11) is 3.35. The van der Waals surface area contributed by atoms with Gasteiger partial charge >= 0.3 is 5.97 Å². The van der Waals surface area contributed by atoms with Crippen molar-refractivity contribution in [3.63, 3.8) is 0 Å². The minimum atomic E-state index is -0.0989. The van der Waals surface area contributed by atoms with E-state index < -0.39 is 0 Å². The van der Waals surface area contributed by atoms with E-state index in [1.165, 1.54) is 45.0 Å². The number of carbonyl (C=O) groups excluding carboxylic acids is 1. The van der Waals surface area contributed by atoms with E-state index in [4.69, 9.17) is 0 Å². The monoisotopic (exact) mass is 497 g/mol. The normalized spacial score (nSPS) is 19.8. The molecular weight excluding hydrogens is 461 g/mol. The third-order valence-electron chi connectivity index (χ3n) is 5.34. The first-order valence-corrected chi connectivity index (χ1v) is 10.8. The second-order valence-corrected chi connectivity index (χ2v) is 8.79. The van der Waals surface area contributed by atoms with Gasteiger partial charge in [0, 0.05) is 43.6 Å². The average molecular weight is 497 g/mol. The molecule has 2 rings (SSSR count). The minimum absolute atomic E-state index is 0. The zero-order chi connectivity index (χ0) is 18.0. The molecule has 7 heteroatoms. The van der Waals surface area contributed by atoms with Crippen LogP contribution >= 0.6 is 35.7 Å². The van der Waals surface area contributed by atoms with Crippen LogP contribution in [0.15, 0.2) is 4.99 Å². The first kappa shape index (κ1) is 23.9. The Bertz CT molecular complexity index is 437. The van der Waals surface area contributed by atoms with Gasteiger partial charge in [0.05, 0.1) is 7.11 Å². The number of nitrogens with one attached hydrogen (secondary N) is 1. The Morgan fingerprint density at radius 2 is 1.92 bits per heavy atom. The van der Waals surface area contributed by atoms with Crippen LogP contribution < -0.4 is 5.32 Å². The number of esters is 1. The number of nitrogens with zero attached hydrogens (tertiary/aromatic N) is 2. The summed E-state index contributed by atoms with van der Waals surface area (Å²) in [5.74, 6) is 2.19. The lowest BCUT2D eigenvalue weighted by atomic mass is 9.87. The van der Waals surface area contributed by atoms with Crippen LogP contribution in [0.5, 0.6) is 0 Å². The lowest BCUT2D eigenvalue weighted by Gasteiger charge is -2.45. The van der Waals surface area contributed by atoms with Crippen molar-refractivity contribution in [1.29, 1.82) is 0 Å². The maximum absolute atomic E-state index is 11.1.